The molecule has 2 aromatic rings. The van der Waals surface area contributed by atoms with Gasteiger partial charge in [0.25, 0.3) is 0 Å². The Bertz CT molecular complexity index is 679. The Morgan fingerprint density at radius 3 is 2.61 bits per heavy atom. The van der Waals surface area contributed by atoms with Gasteiger partial charge in [0, 0.05) is 12.6 Å². The van der Waals surface area contributed by atoms with Crippen LogP contribution >= 0.6 is 0 Å². The largest absolute Gasteiger partial charge is 0.480 e. The minimum absolute atomic E-state index is 0.0307. The summed E-state index contributed by atoms with van der Waals surface area (Å²) in [5.74, 6) is -1.95. The fraction of sp³-hybridized carbons (Fsp3) is 0.188. The highest BCUT2D eigenvalue weighted by molar-refractivity contribution is 5.80. The predicted molar refractivity (Wildman–Crippen MR) is 79.1 cm³/mol. The molecule has 0 spiro atoms. The first-order valence-electron chi connectivity index (χ1n) is 6.85. The zero-order valence-corrected chi connectivity index (χ0v) is 12.1. The molecule has 0 radical (unpaired) electrons. The van der Waals surface area contributed by atoms with Crippen molar-refractivity contribution in [1.82, 2.24) is 10.3 Å². The lowest BCUT2D eigenvalue weighted by Crippen LogP contribution is -2.42. The van der Waals surface area contributed by atoms with Crippen LogP contribution in [0.3, 0.4) is 0 Å². The quantitative estimate of drug-likeness (QED) is 0.797. The Kier molecular flexibility index (Phi) is 5.62. The van der Waals surface area contributed by atoms with E-state index in [-0.39, 0.29) is 13.0 Å². The summed E-state index contributed by atoms with van der Waals surface area (Å²) in [5, 5.41) is 11.4. The molecule has 1 amide bonds. The number of carbonyl (C=O) groups is 2. The number of rotatable bonds is 6. The molecule has 0 saturated heterocycles. The average Bonchev–Trinajstić information content (AvgIpc) is 2.53. The monoisotopic (exact) mass is 318 g/mol. The van der Waals surface area contributed by atoms with Crippen molar-refractivity contribution in [3.05, 3.63) is 65.7 Å². The third-order valence-corrected chi connectivity index (χ3v) is 3.03. The van der Waals surface area contributed by atoms with E-state index in [4.69, 9.17) is 9.84 Å². The first kappa shape index (κ1) is 16.4. The van der Waals surface area contributed by atoms with Gasteiger partial charge in [-0.25, -0.2) is 14.6 Å². The first-order valence-corrected chi connectivity index (χ1v) is 6.85. The molecule has 0 aliphatic rings. The van der Waals surface area contributed by atoms with E-state index >= 15 is 0 Å². The zero-order chi connectivity index (χ0) is 16.7. The van der Waals surface area contributed by atoms with Crippen LogP contribution in [-0.2, 0) is 22.6 Å². The lowest BCUT2D eigenvalue weighted by molar-refractivity contribution is -0.139. The molecule has 0 aliphatic heterocycles. The molecule has 1 unspecified atom stereocenters. The van der Waals surface area contributed by atoms with Crippen molar-refractivity contribution in [1.29, 1.82) is 0 Å². The first-order chi connectivity index (χ1) is 11.0. The molecule has 1 aromatic heterocycles. The van der Waals surface area contributed by atoms with Gasteiger partial charge in [-0.15, -0.1) is 0 Å². The maximum absolute atomic E-state index is 13.0. The van der Waals surface area contributed by atoms with Crippen LogP contribution in [0.5, 0.6) is 0 Å². The molecule has 120 valence electrons. The van der Waals surface area contributed by atoms with Crippen LogP contribution < -0.4 is 5.32 Å². The molecule has 2 rings (SSSR count). The summed E-state index contributed by atoms with van der Waals surface area (Å²) in [6.07, 6.45) is 0.308. The molecule has 0 saturated carbocycles. The number of carbonyl (C=O) groups excluding carboxylic acids is 1. The van der Waals surface area contributed by atoms with Gasteiger partial charge in [-0.1, -0.05) is 30.3 Å². The number of aliphatic carboxylic acids is 1. The van der Waals surface area contributed by atoms with E-state index in [1.165, 1.54) is 12.3 Å². The van der Waals surface area contributed by atoms with Gasteiger partial charge in [0.2, 0.25) is 5.95 Å². The Morgan fingerprint density at radius 2 is 1.96 bits per heavy atom. The Balaban J connectivity index is 1.91. The van der Waals surface area contributed by atoms with Crippen molar-refractivity contribution >= 4 is 12.1 Å². The van der Waals surface area contributed by atoms with Crippen LogP contribution in [-0.4, -0.2) is 28.2 Å². The summed E-state index contributed by atoms with van der Waals surface area (Å²) in [6.45, 7) is 0.0307. The second-order valence-electron chi connectivity index (χ2n) is 4.79. The van der Waals surface area contributed by atoms with Gasteiger partial charge >= 0.3 is 12.1 Å². The number of hydrogen-bond donors (Lipinski definition) is 2. The molecular formula is C16H15FN2O4. The Morgan fingerprint density at radius 1 is 1.22 bits per heavy atom. The fourth-order valence-corrected chi connectivity index (χ4v) is 1.91. The molecule has 0 fully saturated rings. The summed E-state index contributed by atoms with van der Waals surface area (Å²) in [5.41, 5.74) is 1.19. The number of nitrogens with zero attached hydrogens (tertiary/aromatic N) is 1. The molecule has 0 bridgehead atoms. The van der Waals surface area contributed by atoms with E-state index in [2.05, 4.69) is 10.3 Å². The standard InChI is InChI=1S/C16H15FN2O4/c17-14-9-12(6-7-18-14)8-13(15(20)21)19-16(22)23-10-11-4-2-1-3-5-11/h1-7,9,13H,8,10H2,(H,19,22)(H,20,21). The van der Waals surface area contributed by atoms with Crippen molar-refractivity contribution in [2.75, 3.05) is 0 Å². The van der Waals surface area contributed by atoms with Crippen LogP contribution in [0.4, 0.5) is 9.18 Å². The van der Waals surface area contributed by atoms with Crippen molar-refractivity contribution in [2.45, 2.75) is 19.1 Å². The van der Waals surface area contributed by atoms with Gasteiger partial charge in [0.1, 0.15) is 12.6 Å². The minimum atomic E-state index is -1.24. The number of alkyl carbamates (subject to hydrolysis) is 1. The number of ether oxygens (including phenoxy) is 1. The number of benzene rings is 1. The van der Waals surface area contributed by atoms with Gasteiger partial charge in [0.15, 0.2) is 0 Å². The zero-order valence-electron chi connectivity index (χ0n) is 12.1. The molecular weight excluding hydrogens is 303 g/mol. The summed E-state index contributed by atoms with van der Waals surface area (Å²) in [6, 6.07) is 10.4. The van der Waals surface area contributed by atoms with Crippen molar-refractivity contribution in [3.8, 4) is 0 Å². The fourth-order valence-electron chi connectivity index (χ4n) is 1.91. The normalized spacial score (nSPS) is 11.5. The topological polar surface area (TPSA) is 88.5 Å². The summed E-state index contributed by atoms with van der Waals surface area (Å²) >= 11 is 0. The molecule has 1 atom stereocenters. The SMILES string of the molecule is O=C(NC(Cc1ccnc(F)c1)C(=O)O)OCc1ccccc1. The highest BCUT2D eigenvalue weighted by Gasteiger charge is 2.21. The molecule has 1 aromatic carbocycles. The van der Waals surface area contributed by atoms with Gasteiger partial charge in [-0.2, -0.15) is 4.39 Å². The van der Waals surface area contributed by atoms with Gasteiger partial charge in [-0.3, -0.25) is 0 Å². The van der Waals surface area contributed by atoms with E-state index in [9.17, 15) is 14.0 Å². The predicted octanol–water partition coefficient (Wildman–Crippen LogP) is 2.14. The lowest BCUT2D eigenvalue weighted by atomic mass is 10.1. The number of carboxylic acids is 1. The second kappa shape index (κ2) is 7.88. The van der Waals surface area contributed by atoms with Crippen LogP contribution in [0.2, 0.25) is 0 Å². The van der Waals surface area contributed by atoms with Gasteiger partial charge in [0.05, 0.1) is 0 Å². The average molecular weight is 318 g/mol. The van der Waals surface area contributed by atoms with Crippen molar-refractivity contribution < 1.29 is 23.8 Å². The van der Waals surface area contributed by atoms with Crippen molar-refractivity contribution in [3.63, 3.8) is 0 Å². The molecule has 6 nitrogen and oxygen atoms in total. The van der Waals surface area contributed by atoms with E-state index in [1.807, 2.05) is 6.07 Å². The van der Waals surface area contributed by atoms with E-state index in [1.54, 1.807) is 24.3 Å². The number of aromatic nitrogens is 1. The molecule has 1 heterocycles. The van der Waals surface area contributed by atoms with Gasteiger partial charge < -0.3 is 15.2 Å². The summed E-state index contributed by atoms with van der Waals surface area (Å²) in [7, 11) is 0. The van der Waals surface area contributed by atoms with Crippen LogP contribution in [0.25, 0.3) is 0 Å². The van der Waals surface area contributed by atoms with E-state index in [0.717, 1.165) is 11.6 Å². The Labute approximate surface area is 131 Å². The molecule has 0 aliphatic carbocycles. The van der Waals surface area contributed by atoms with E-state index in [0.29, 0.717) is 5.56 Å². The number of hydrogen-bond acceptors (Lipinski definition) is 4. The molecule has 7 heteroatoms. The third-order valence-electron chi connectivity index (χ3n) is 3.03. The highest BCUT2D eigenvalue weighted by atomic mass is 19.1. The minimum Gasteiger partial charge on any atom is -0.480 e. The number of pyridine rings is 1. The van der Waals surface area contributed by atoms with Crippen LogP contribution in [0.15, 0.2) is 48.7 Å². The Hall–Kier alpha value is -2.96. The summed E-state index contributed by atoms with van der Waals surface area (Å²) < 4.78 is 18.0. The smallest absolute Gasteiger partial charge is 0.408 e. The maximum atomic E-state index is 13.0. The number of amides is 1. The van der Waals surface area contributed by atoms with E-state index < -0.39 is 24.1 Å². The highest BCUT2D eigenvalue weighted by Crippen LogP contribution is 2.06. The second-order valence-corrected chi connectivity index (χ2v) is 4.79. The van der Waals surface area contributed by atoms with Crippen molar-refractivity contribution in [2.24, 2.45) is 0 Å². The number of halogens is 1. The number of carboxylic acid groups (broad SMARTS) is 1. The van der Waals surface area contributed by atoms with Crippen LogP contribution in [0.1, 0.15) is 11.1 Å². The third kappa shape index (κ3) is 5.39. The maximum Gasteiger partial charge on any atom is 0.408 e. The molecule has 23 heavy (non-hydrogen) atoms. The molecule has 2 N–H and O–H groups in total. The summed E-state index contributed by atoms with van der Waals surface area (Å²) in [4.78, 5) is 26.3. The number of nitrogens with one attached hydrogen (secondary N) is 1. The van der Waals surface area contributed by atoms with Gasteiger partial charge in [-0.05, 0) is 23.3 Å². The lowest BCUT2D eigenvalue weighted by Gasteiger charge is -2.14. The van der Waals surface area contributed by atoms with Crippen LogP contribution in [0, 0.1) is 5.95 Å².